The van der Waals surface area contributed by atoms with Crippen molar-refractivity contribution >= 4 is 0 Å². The third kappa shape index (κ3) is 3.28. The molecule has 0 amide bonds. The highest BCUT2D eigenvalue weighted by Crippen LogP contribution is 2.49. The van der Waals surface area contributed by atoms with Gasteiger partial charge in [-0.3, -0.25) is 0 Å². The molecule has 0 saturated heterocycles. The fourth-order valence-corrected chi connectivity index (χ4v) is 4.62. The van der Waals surface area contributed by atoms with Crippen molar-refractivity contribution in [2.45, 2.75) is 84.3 Å². The van der Waals surface area contributed by atoms with Gasteiger partial charge in [-0.25, -0.2) is 0 Å². The Hall–Kier alpha value is -1.02. The van der Waals surface area contributed by atoms with Crippen molar-refractivity contribution in [1.82, 2.24) is 0 Å². The molecule has 2 nitrogen and oxygen atoms in total. The van der Waals surface area contributed by atoms with Crippen LogP contribution in [0.1, 0.15) is 72.6 Å². The number of hydrogen-bond acceptors (Lipinski definition) is 2. The standard InChI is InChI=1S/C21H32O2/c1-5-6-7-8-15-12-18(22)20-16-11-14(2)9-10-17(16)21(3,4)23-19(20)13-15/h12-14,17,19,22H,5-11H2,1-4H3/t14?,17-,19-/m1/s1. The van der Waals surface area contributed by atoms with E-state index in [0.717, 1.165) is 18.4 Å². The second kappa shape index (κ2) is 6.47. The van der Waals surface area contributed by atoms with Crippen LogP contribution in [0.3, 0.4) is 0 Å². The lowest BCUT2D eigenvalue weighted by Crippen LogP contribution is -2.47. The molecule has 1 saturated carbocycles. The second-order valence-electron chi connectivity index (χ2n) is 8.25. The molecule has 0 spiro atoms. The number of allylic oxidation sites excluding steroid dienone is 2. The van der Waals surface area contributed by atoms with Gasteiger partial charge in [-0.1, -0.05) is 32.3 Å². The molecule has 0 radical (unpaired) electrons. The molecule has 128 valence electrons. The molecule has 1 heterocycles. The van der Waals surface area contributed by atoms with Crippen LogP contribution in [0.4, 0.5) is 0 Å². The van der Waals surface area contributed by atoms with Gasteiger partial charge in [0.25, 0.3) is 0 Å². The third-order valence-corrected chi connectivity index (χ3v) is 5.87. The molecule has 1 N–H and O–H groups in total. The van der Waals surface area contributed by atoms with Crippen LogP contribution in [0.5, 0.6) is 0 Å². The van der Waals surface area contributed by atoms with Crippen LogP contribution >= 0.6 is 0 Å². The maximum absolute atomic E-state index is 10.7. The molecule has 2 heteroatoms. The summed E-state index contributed by atoms with van der Waals surface area (Å²) in [6, 6.07) is 0. The number of unbranched alkanes of at least 4 members (excludes halogenated alkanes) is 2. The molecule has 1 unspecified atom stereocenters. The molecule has 0 bridgehead atoms. The second-order valence-corrected chi connectivity index (χ2v) is 8.25. The van der Waals surface area contributed by atoms with Crippen molar-refractivity contribution in [1.29, 1.82) is 0 Å². The molecule has 0 aromatic heterocycles. The highest BCUT2D eigenvalue weighted by Gasteiger charge is 2.45. The number of rotatable bonds is 4. The summed E-state index contributed by atoms with van der Waals surface area (Å²) in [5.41, 5.74) is 3.65. The van der Waals surface area contributed by atoms with E-state index in [1.165, 1.54) is 43.3 Å². The first-order valence-corrected chi connectivity index (χ1v) is 9.45. The van der Waals surface area contributed by atoms with Gasteiger partial charge < -0.3 is 9.84 Å². The molecule has 0 aromatic carbocycles. The summed E-state index contributed by atoms with van der Waals surface area (Å²) < 4.78 is 6.45. The van der Waals surface area contributed by atoms with E-state index in [2.05, 4.69) is 33.8 Å². The summed E-state index contributed by atoms with van der Waals surface area (Å²) in [5, 5.41) is 10.7. The summed E-state index contributed by atoms with van der Waals surface area (Å²) in [6.07, 6.45) is 12.5. The largest absolute Gasteiger partial charge is 0.508 e. The van der Waals surface area contributed by atoms with Crippen molar-refractivity contribution in [3.63, 3.8) is 0 Å². The number of ether oxygens (including phenoxy) is 1. The molecule has 0 aromatic rings. The van der Waals surface area contributed by atoms with Crippen LogP contribution in [0.15, 0.2) is 34.6 Å². The zero-order valence-corrected chi connectivity index (χ0v) is 15.2. The van der Waals surface area contributed by atoms with Crippen LogP contribution in [0.2, 0.25) is 0 Å². The average Bonchev–Trinajstić information content (AvgIpc) is 2.46. The number of fused-ring (bicyclic) bond motifs is 2. The Morgan fingerprint density at radius 2 is 2.04 bits per heavy atom. The van der Waals surface area contributed by atoms with Crippen LogP contribution in [-0.4, -0.2) is 16.8 Å². The van der Waals surface area contributed by atoms with E-state index in [0.29, 0.717) is 17.6 Å². The van der Waals surface area contributed by atoms with Gasteiger partial charge in [-0.2, -0.15) is 0 Å². The molecule has 3 aliphatic rings. The van der Waals surface area contributed by atoms with Crippen molar-refractivity contribution in [2.24, 2.45) is 11.8 Å². The highest BCUT2D eigenvalue weighted by molar-refractivity contribution is 5.49. The Morgan fingerprint density at radius 1 is 1.26 bits per heavy atom. The van der Waals surface area contributed by atoms with Crippen molar-refractivity contribution in [2.75, 3.05) is 0 Å². The van der Waals surface area contributed by atoms with Crippen LogP contribution in [-0.2, 0) is 4.74 Å². The summed E-state index contributed by atoms with van der Waals surface area (Å²) >= 11 is 0. The predicted octanol–water partition coefficient (Wildman–Crippen LogP) is 5.86. The first-order valence-electron chi connectivity index (χ1n) is 9.45. The molecular formula is C21H32O2. The van der Waals surface area contributed by atoms with E-state index >= 15 is 0 Å². The monoisotopic (exact) mass is 316 g/mol. The minimum absolute atomic E-state index is 0.0526. The van der Waals surface area contributed by atoms with E-state index in [4.69, 9.17) is 4.74 Å². The van der Waals surface area contributed by atoms with E-state index in [9.17, 15) is 5.11 Å². The quantitative estimate of drug-likeness (QED) is 0.658. The van der Waals surface area contributed by atoms with Crippen LogP contribution < -0.4 is 0 Å². The Balaban J connectivity index is 1.92. The van der Waals surface area contributed by atoms with Gasteiger partial charge in [0.15, 0.2) is 0 Å². The third-order valence-electron chi connectivity index (χ3n) is 5.87. The molecule has 3 atom stereocenters. The minimum Gasteiger partial charge on any atom is -0.508 e. The Kier molecular flexibility index (Phi) is 4.73. The maximum atomic E-state index is 10.7. The molecule has 1 fully saturated rings. The van der Waals surface area contributed by atoms with Crippen molar-refractivity contribution in [3.8, 4) is 0 Å². The number of hydrogen-bond donors (Lipinski definition) is 1. The molecule has 1 aliphatic heterocycles. The van der Waals surface area contributed by atoms with Gasteiger partial charge in [0, 0.05) is 11.5 Å². The van der Waals surface area contributed by atoms with Gasteiger partial charge in [0.2, 0.25) is 0 Å². The smallest absolute Gasteiger partial charge is 0.121 e. The molecule has 2 aliphatic carbocycles. The Bertz CT molecular complexity index is 550. The summed E-state index contributed by atoms with van der Waals surface area (Å²) in [7, 11) is 0. The lowest BCUT2D eigenvalue weighted by molar-refractivity contribution is -0.0893. The number of aliphatic hydroxyl groups is 1. The molecule has 23 heavy (non-hydrogen) atoms. The molecular weight excluding hydrogens is 284 g/mol. The van der Waals surface area contributed by atoms with Gasteiger partial charge in [-0.05, 0) is 69.6 Å². The van der Waals surface area contributed by atoms with E-state index in [1.54, 1.807) is 0 Å². The minimum atomic E-state index is -0.133. The predicted molar refractivity (Wildman–Crippen MR) is 95.4 cm³/mol. The summed E-state index contributed by atoms with van der Waals surface area (Å²) in [6.45, 7) is 9.01. The fourth-order valence-electron chi connectivity index (χ4n) is 4.62. The highest BCUT2D eigenvalue weighted by atomic mass is 16.5. The van der Waals surface area contributed by atoms with E-state index in [-0.39, 0.29) is 11.7 Å². The van der Waals surface area contributed by atoms with Crippen LogP contribution in [0.25, 0.3) is 0 Å². The first-order chi connectivity index (χ1) is 10.9. The van der Waals surface area contributed by atoms with Gasteiger partial charge in [0.1, 0.15) is 11.9 Å². The Labute approximate surface area is 141 Å². The summed E-state index contributed by atoms with van der Waals surface area (Å²) in [5.74, 6) is 1.63. The van der Waals surface area contributed by atoms with E-state index in [1.807, 2.05) is 6.08 Å². The first kappa shape index (κ1) is 16.8. The van der Waals surface area contributed by atoms with Crippen molar-refractivity contribution < 1.29 is 9.84 Å². The zero-order chi connectivity index (χ0) is 16.6. The zero-order valence-electron chi connectivity index (χ0n) is 15.2. The van der Waals surface area contributed by atoms with Crippen LogP contribution in [0, 0.1) is 11.8 Å². The maximum Gasteiger partial charge on any atom is 0.121 e. The van der Waals surface area contributed by atoms with Gasteiger partial charge in [-0.15, -0.1) is 0 Å². The lowest BCUT2D eigenvalue weighted by Gasteiger charge is -2.48. The lowest BCUT2D eigenvalue weighted by atomic mass is 9.67. The van der Waals surface area contributed by atoms with E-state index < -0.39 is 0 Å². The fraction of sp³-hybridized carbons (Fsp3) is 0.714. The Morgan fingerprint density at radius 3 is 2.78 bits per heavy atom. The summed E-state index contributed by atoms with van der Waals surface area (Å²) in [4.78, 5) is 0. The SMILES string of the molecule is CCCCCC1=C[C@H]2OC(C)(C)[C@@H]3CCC(C)CC3=C2C(O)=C1. The average molecular weight is 316 g/mol. The number of aliphatic hydroxyl groups excluding tert-OH is 1. The van der Waals surface area contributed by atoms with Gasteiger partial charge in [0.05, 0.1) is 5.60 Å². The normalized spacial score (nSPS) is 32.8. The molecule has 3 rings (SSSR count). The van der Waals surface area contributed by atoms with Gasteiger partial charge >= 0.3 is 0 Å². The topological polar surface area (TPSA) is 29.5 Å². The van der Waals surface area contributed by atoms with Crippen molar-refractivity contribution in [3.05, 3.63) is 34.6 Å².